The predicted octanol–water partition coefficient (Wildman–Crippen LogP) is -0.551. The first-order valence-electron chi connectivity index (χ1n) is 8.84. The van der Waals surface area contributed by atoms with Gasteiger partial charge in [-0.3, -0.25) is 14.4 Å². The number of piperazine rings is 2. The van der Waals surface area contributed by atoms with Crippen LogP contribution in [0.3, 0.4) is 0 Å². The monoisotopic (exact) mass is 360 g/mol. The van der Waals surface area contributed by atoms with Gasteiger partial charge >= 0.3 is 0 Å². The van der Waals surface area contributed by atoms with E-state index in [9.17, 15) is 14.4 Å². The van der Waals surface area contributed by atoms with Crippen molar-refractivity contribution in [2.75, 3.05) is 57.3 Å². The summed E-state index contributed by atoms with van der Waals surface area (Å²) in [7, 11) is 0. The lowest BCUT2D eigenvalue weighted by Gasteiger charge is -2.35. The fourth-order valence-electron chi connectivity index (χ4n) is 3.23. The summed E-state index contributed by atoms with van der Waals surface area (Å²) in [6, 6.07) is 1.62. The van der Waals surface area contributed by atoms with Crippen LogP contribution >= 0.6 is 0 Å². The number of hydrogen-bond acceptors (Lipinski definition) is 6. The Morgan fingerprint density at radius 3 is 1.85 bits per heavy atom. The summed E-state index contributed by atoms with van der Waals surface area (Å²) >= 11 is 0. The maximum absolute atomic E-state index is 12.7. The molecule has 9 nitrogen and oxygen atoms in total. The summed E-state index contributed by atoms with van der Waals surface area (Å²) in [6.45, 7) is 7.77. The highest BCUT2D eigenvalue weighted by Crippen LogP contribution is 2.13. The van der Waals surface area contributed by atoms with E-state index in [-0.39, 0.29) is 17.7 Å². The van der Waals surface area contributed by atoms with Crippen LogP contribution in [0.25, 0.3) is 0 Å². The lowest BCUT2D eigenvalue weighted by atomic mass is 10.2. The van der Waals surface area contributed by atoms with E-state index in [1.807, 2.05) is 4.90 Å². The number of hydrogen-bond donors (Lipinski definition) is 0. The van der Waals surface area contributed by atoms with Crippen LogP contribution in [0.4, 0.5) is 5.95 Å². The van der Waals surface area contributed by atoms with Gasteiger partial charge in [-0.1, -0.05) is 0 Å². The Kier molecular flexibility index (Phi) is 5.34. The number of rotatable bonds is 2. The van der Waals surface area contributed by atoms with Gasteiger partial charge in [-0.05, 0) is 6.07 Å². The highest BCUT2D eigenvalue weighted by atomic mass is 16.2. The van der Waals surface area contributed by atoms with Crippen molar-refractivity contribution in [1.82, 2.24) is 24.7 Å². The molecule has 9 heteroatoms. The number of nitrogens with zero attached hydrogens (tertiary/aromatic N) is 6. The molecule has 3 amide bonds. The van der Waals surface area contributed by atoms with Crippen molar-refractivity contribution in [3.05, 3.63) is 18.0 Å². The fourth-order valence-corrected chi connectivity index (χ4v) is 3.23. The molecule has 2 aliphatic heterocycles. The molecule has 0 atom stereocenters. The first kappa shape index (κ1) is 18.1. The third-order valence-corrected chi connectivity index (χ3v) is 4.88. The van der Waals surface area contributed by atoms with Crippen LogP contribution in [0, 0.1) is 0 Å². The first-order valence-corrected chi connectivity index (χ1v) is 8.84. The maximum Gasteiger partial charge on any atom is 0.272 e. The first-order chi connectivity index (χ1) is 12.5. The largest absolute Gasteiger partial charge is 0.339 e. The van der Waals surface area contributed by atoms with Gasteiger partial charge in [0.25, 0.3) is 5.91 Å². The molecule has 140 valence electrons. The number of anilines is 1. The second-order valence-electron chi connectivity index (χ2n) is 6.53. The van der Waals surface area contributed by atoms with E-state index >= 15 is 0 Å². The highest BCUT2D eigenvalue weighted by molar-refractivity contribution is 5.92. The molecule has 0 N–H and O–H groups in total. The molecule has 0 radical (unpaired) electrons. The number of carbonyl (C=O) groups excluding carboxylic acids is 3. The molecule has 3 heterocycles. The van der Waals surface area contributed by atoms with E-state index in [0.29, 0.717) is 64.0 Å². The minimum Gasteiger partial charge on any atom is -0.339 e. The molecule has 0 bridgehead atoms. The average molecular weight is 360 g/mol. The zero-order valence-corrected chi connectivity index (χ0v) is 15.2. The van der Waals surface area contributed by atoms with Crippen molar-refractivity contribution < 1.29 is 14.4 Å². The molecule has 3 rings (SSSR count). The van der Waals surface area contributed by atoms with Gasteiger partial charge in [-0.15, -0.1) is 0 Å². The summed E-state index contributed by atoms with van der Waals surface area (Å²) in [5.74, 6) is 0.478. The molecule has 2 fully saturated rings. The van der Waals surface area contributed by atoms with Crippen molar-refractivity contribution >= 4 is 23.7 Å². The molecule has 26 heavy (non-hydrogen) atoms. The highest BCUT2D eigenvalue weighted by Gasteiger charge is 2.25. The van der Waals surface area contributed by atoms with E-state index < -0.39 is 0 Å². The summed E-state index contributed by atoms with van der Waals surface area (Å²) in [4.78, 5) is 51.5. The predicted molar refractivity (Wildman–Crippen MR) is 94.7 cm³/mol. The number of carbonyl (C=O) groups is 3. The molecule has 0 aromatic carbocycles. The van der Waals surface area contributed by atoms with Crippen LogP contribution in [0.2, 0.25) is 0 Å². The Hall–Kier alpha value is -2.71. The normalized spacial score (nSPS) is 18.1. The van der Waals surface area contributed by atoms with Crippen molar-refractivity contribution in [1.29, 1.82) is 0 Å². The van der Waals surface area contributed by atoms with Gasteiger partial charge in [0.1, 0.15) is 5.69 Å². The van der Waals surface area contributed by atoms with Gasteiger partial charge in [0.05, 0.1) is 0 Å². The Morgan fingerprint density at radius 1 is 0.808 bits per heavy atom. The maximum atomic E-state index is 12.7. The Bertz CT molecular complexity index is 693. The number of aromatic nitrogens is 2. The van der Waals surface area contributed by atoms with Crippen LogP contribution in [0.1, 0.15) is 24.3 Å². The summed E-state index contributed by atoms with van der Waals surface area (Å²) in [6.07, 6.45) is 1.60. The lowest BCUT2D eigenvalue weighted by Crippen LogP contribution is -2.50. The molecule has 2 aliphatic rings. The second-order valence-corrected chi connectivity index (χ2v) is 6.53. The van der Waals surface area contributed by atoms with Crippen molar-refractivity contribution in [2.45, 2.75) is 13.8 Å². The minimum atomic E-state index is -0.140. The van der Waals surface area contributed by atoms with Gasteiger partial charge in [0, 0.05) is 72.4 Å². The summed E-state index contributed by atoms with van der Waals surface area (Å²) < 4.78 is 0. The Balaban J connectivity index is 1.63. The van der Waals surface area contributed by atoms with Gasteiger partial charge in [0.2, 0.25) is 17.8 Å². The van der Waals surface area contributed by atoms with Gasteiger partial charge in [0.15, 0.2) is 0 Å². The quantitative estimate of drug-likeness (QED) is 0.703. The zero-order chi connectivity index (χ0) is 18.7. The molecule has 0 unspecified atom stereocenters. The van der Waals surface area contributed by atoms with E-state index in [1.165, 1.54) is 0 Å². The van der Waals surface area contributed by atoms with Crippen LogP contribution in [0.15, 0.2) is 12.3 Å². The van der Waals surface area contributed by atoms with Crippen LogP contribution in [-0.4, -0.2) is 94.7 Å². The molecular formula is C17H24N6O3. The van der Waals surface area contributed by atoms with Crippen molar-refractivity contribution in [3.63, 3.8) is 0 Å². The van der Waals surface area contributed by atoms with Crippen LogP contribution in [-0.2, 0) is 9.59 Å². The molecule has 1 aromatic heterocycles. The molecule has 0 aliphatic carbocycles. The molecule has 0 saturated carbocycles. The van der Waals surface area contributed by atoms with Crippen LogP contribution < -0.4 is 4.90 Å². The van der Waals surface area contributed by atoms with Gasteiger partial charge in [-0.2, -0.15) is 0 Å². The van der Waals surface area contributed by atoms with Crippen molar-refractivity contribution in [3.8, 4) is 0 Å². The van der Waals surface area contributed by atoms with E-state index in [2.05, 4.69) is 9.97 Å². The summed E-state index contributed by atoms with van der Waals surface area (Å²) in [5, 5.41) is 0. The average Bonchev–Trinajstić information content (AvgIpc) is 2.67. The van der Waals surface area contributed by atoms with Crippen LogP contribution in [0.5, 0.6) is 0 Å². The lowest BCUT2D eigenvalue weighted by molar-refractivity contribution is -0.130. The molecule has 0 spiro atoms. The molecule has 2 saturated heterocycles. The number of amides is 3. The zero-order valence-electron chi connectivity index (χ0n) is 15.2. The van der Waals surface area contributed by atoms with E-state index in [1.54, 1.807) is 40.8 Å². The third kappa shape index (κ3) is 3.92. The summed E-state index contributed by atoms with van der Waals surface area (Å²) in [5.41, 5.74) is 0.361. The Morgan fingerprint density at radius 2 is 1.31 bits per heavy atom. The van der Waals surface area contributed by atoms with E-state index in [4.69, 9.17) is 0 Å². The topological polar surface area (TPSA) is 90.0 Å². The Labute approximate surface area is 152 Å². The fraction of sp³-hybridized carbons (Fsp3) is 0.588. The smallest absolute Gasteiger partial charge is 0.272 e. The third-order valence-electron chi connectivity index (χ3n) is 4.88. The van der Waals surface area contributed by atoms with Gasteiger partial charge < -0.3 is 19.6 Å². The van der Waals surface area contributed by atoms with Gasteiger partial charge in [-0.25, -0.2) is 9.97 Å². The molecular weight excluding hydrogens is 336 g/mol. The molecule has 1 aromatic rings. The standard InChI is InChI=1S/C17H24N6O3/c1-13(24)20-5-9-22(10-6-20)16(26)15-3-4-18-17(19-15)23-11-7-21(8-12-23)14(2)25/h3-4H,5-12H2,1-2H3. The minimum absolute atomic E-state index is 0.0334. The second kappa shape index (κ2) is 7.67. The SMILES string of the molecule is CC(=O)N1CCN(C(=O)c2ccnc(N3CCN(C(C)=O)CC3)n2)CC1. The van der Waals surface area contributed by atoms with Crippen molar-refractivity contribution in [2.24, 2.45) is 0 Å². The van der Waals surface area contributed by atoms with E-state index in [0.717, 1.165) is 0 Å².